The lowest BCUT2D eigenvalue weighted by Crippen LogP contribution is -2.13. The van der Waals surface area contributed by atoms with Gasteiger partial charge in [-0.3, -0.25) is 0 Å². The Hall–Kier alpha value is -2.57. The molecule has 0 radical (unpaired) electrons. The van der Waals surface area contributed by atoms with E-state index >= 15 is 0 Å². The number of hydrogen-bond donors (Lipinski definition) is 0. The highest BCUT2D eigenvalue weighted by molar-refractivity contribution is 5.91. The minimum Gasteiger partial charge on any atom is -0.494 e. The third kappa shape index (κ3) is 3.98. The average Bonchev–Trinajstić information content (AvgIpc) is 2.65. The zero-order chi connectivity index (χ0) is 19.3. The predicted octanol–water partition coefficient (Wildman–Crippen LogP) is 5.27. The van der Waals surface area contributed by atoms with Crippen LogP contribution in [0.15, 0.2) is 24.3 Å². The molecular formula is C19H18F4O3. The number of methoxy groups -OCH3 is 1. The molecule has 0 bridgehead atoms. The van der Waals surface area contributed by atoms with Crippen LogP contribution in [0.1, 0.15) is 36.5 Å². The van der Waals surface area contributed by atoms with E-state index in [2.05, 4.69) is 11.7 Å². The van der Waals surface area contributed by atoms with Crippen molar-refractivity contribution < 1.29 is 31.8 Å². The molecule has 0 N–H and O–H groups in total. The SMILES string of the molecule is CCCCCOc1ccc(-c2c(F)c(F)c(C(=O)OC)c(F)c2F)cc1. The summed E-state index contributed by atoms with van der Waals surface area (Å²) in [4.78, 5) is 11.3. The van der Waals surface area contributed by atoms with Crippen molar-refractivity contribution in [3.63, 3.8) is 0 Å². The molecule has 0 aromatic heterocycles. The smallest absolute Gasteiger partial charge is 0.344 e. The van der Waals surface area contributed by atoms with Crippen LogP contribution in [0.5, 0.6) is 5.75 Å². The maximum absolute atomic E-state index is 14.3. The first-order valence-corrected chi connectivity index (χ1v) is 8.09. The van der Waals surface area contributed by atoms with E-state index in [1.807, 2.05) is 0 Å². The second-order valence-electron chi connectivity index (χ2n) is 5.58. The lowest BCUT2D eigenvalue weighted by molar-refractivity contribution is 0.0587. The van der Waals surface area contributed by atoms with Gasteiger partial charge in [0.2, 0.25) is 0 Å². The van der Waals surface area contributed by atoms with Gasteiger partial charge < -0.3 is 9.47 Å². The fraction of sp³-hybridized carbons (Fsp3) is 0.316. The van der Waals surface area contributed by atoms with E-state index in [4.69, 9.17) is 4.74 Å². The van der Waals surface area contributed by atoms with Crippen molar-refractivity contribution in [2.45, 2.75) is 26.2 Å². The minimum absolute atomic E-state index is 0.0878. The molecule has 0 saturated heterocycles. The molecule has 0 aliphatic carbocycles. The third-order valence-corrected chi connectivity index (χ3v) is 3.81. The lowest BCUT2D eigenvalue weighted by Gasteiger charge is -2.12. The molecule has 2 rings (SSSR count). The number of ether oxygens (including phenoxy) is 2. The largest absolute Gasteiger partial charge is 0.494 e. The quantitative estimate of drug-likeness (QED) is 0.288. The van der Waals surface area contributed by atoms with Crippen LogP contribution in [0.25, 0.3) is 11.1 Å². The van der Waals surface area contributed by atoms with Gasteiger partial charge in [-0.1, -0.05) is 31.9 Å². The fourth-order valence-corrected chi connectivity index (χ4v) is 2.43. The maximum Gasteiger partial charge on any atom is 0.344 e. The Morgan fingerprint density at radius 3 is 2.00 bits per heavy atom. The number of carbonyl (C=O) groups excluding carboxylic acids is 1. The summed E-state index contributed by atoms with van der Waals surface area (Å²) in [6.07, 6.45) is 2.92. The monoisotopic (exact) mass is 370 g/mol. The van der Waals surface area contributed by atoms with Crippen LogP contribution in [-0.4, -0.2) is 19.7 Å². The van der Waals surface area contributed by atoms with Gasteiger partial charge in [-0.15, -0.1) is 0 Å². The highest BCUT2D eigenvalue weighted by atomic mass is 19.2. The van der Waals surface area contributed by atoms with E-state index in [1.165, 1.54) is 24.3 Å². The van der Waals surface area contributed by atoms with Crippen molar-refractivity contribution in [2.75, 3.05) is 13.7 Å². The molecule has 0 saturated carbocycles. The van der Waals surface area contributed by atoms with Crippen LogP contribution in [-0.2, 0) is 4.74 Å². The van der Waals surface area contributed by atoms with Gasteiger partial charge in [-0.25, -0.2) is 22.4 Å². The van der Waals surface area contributed by atoms with E-state index in [9.17, 15) is 22.4 Å². The van der Waals surface area contributed by atoms with E-state index < -0.39 is 40.4 Å². The lowest BCUT2D eigenvalue weighted by atomic mass is 10.0. The summed E-state index contributed by atoms with van der Waals surface area (Å²) in [6.45, 7) is 2.55. The minimum atomic E-state index is -1.80. The fourth-order valence-electron chi connectivity index (χ4n) is 2.43. The molecule has 0 amide bonds. The topological polar surface area (TPSA) is 35.5 Å². The summed E-state index contributed by atoms with van der Waals surface area (Å²) < 4.78 is 66.2. The van der Waals surface area contributed by atoms with E-state index in [-0.39, 0.29) is 5.56 Å². The van der Waals surface area contributed by atoms with Crippen LogP contribution in [0.2, 0.25) is 0 Å². The third-order valence-electron chi connectivity index (χ3n) is 3.81. The van der Waals surface area contributed by atoms with Crippen LogP contribution >= 0.6 is 0 Å². The van der Waals surface area contributed by atoms with Gasteiger partial charge in [0.1, 0.15) is 11.3 Å². The molecule has 0 aliphatic rings. The Morgan fingerprint density at radius 1 is 0.923 bits per heavy atom. The van der Waals surface area contributed by atoms with Gasteiger partial charge in [0.25, 0.3) is 0 Å². The number of benzene rings is 2. The van der Waals surface area contributed by atoms with Gasteiger partial charge in [0, 0.05) is 0 Å². The van der Waals surface area contributed by atoms with Crippen molar-refractivity contribution in [1.29, 1.82) is 0 Å². The number of rotatable bonds is 7. The summed E-state index contributed by atoms with van der Waals surface area (Å²) in [7, 11) is 0.851. The molecule has 2 aromatic rings. The van der Waals surface area contributed by atoms with Crippen molar-refractivity contribution in [2.24, 2.45) is 0 Å². The molecule has 0 heterocycles. The Bertz CT molecular complexity index is 759. The van der Waals surface area contributed by atoms with Crippen LogP contribution in [0.3, 0.4) is 0 Å². The zero-order valence-electron chi connectivity index (χ0n) is 14.4. The zero-order valence-corrected chi connectivity index (χ0v) is 14.4. The molecule has 2 aromatic carbocycles. The summed E-state index contributed by atoms with van der Waals surface area (Å²) in [5.74, 6) is -7.96. The number of esters is 1. The second-order valence-corrected chi connectivity index (χ2v) is 5.58. The van der Waals surface area contributed by atoms with E-state index in [1.54, 1.807) is 0 Å². The number of hydrogen-bond acceptors (Lipinski definition) is 3. The Balaban J connectivity index is 2.35. The molecular weight excluding hydrogens is 352 g/mol. The van der Waals surface area contributed by atoms with Gasteiger partial charge in [-0.05, 0) is 24.1 Å². The molecule has 26 heavy (non-hydrogen) atoms. The molecule has 0 spiro atoms. The van der Waals surface area contributed by atoms with Crippen molar-refractivity contribution in [1.82, 2.24) is 0 Å². The molecule has 0 atom stereocenters. The first-order chi connectivity index (χ1) is 12.4. The van der Waals surface area contributed by atoms with Crippen LogP contribution in [0, 0.1) is 23.3 Å². The van der Waals surface area contributed by atoms with Gasteiger partial charge in [0.05, 0.1) is 19.3 Å². The molecule has 0 fully saturated rings. The standard InChI is InChI=1S/C19H18F4O3/c1-3-4-5-10-26-12-8-6-11(7-9-12)13-15(20)17(22)14(19(24)25-2)18(23)16(13)21/h6-9H,3-5,10H2,1-2H3. The number of unbranched alkanes of at least 4 members (excludes halogenated alkanes) is 2. The first-order valence-electron chi connectivity index (χ1n) is 8.09. The van der Waals surface area contributed by atoms with Crippen molar-refractivity contribution >= 4 is 5.97 Å². The number of halogens is 4. The number of carbonyl (C=O) groups is 1. The Labute approximate surface area is 148 Å². The summed E-state index contributed by atoms with van der Waals surface area (Å²) in [5.41, 5.74) is -2.39. The predicted molar refractivity (Wildman–Crippen MR) is 88.1 cm³/mol. The first kappa shape index (κ1) is 19.8. The highest BCUT2D eigenvalue weighted by Gasteiger charge is 2.30. The molecule has 0 unspecified atom stereocenters. The van der Waals surface area contributed by atoms with Gasteiger partial charge >= 0.3 is 5.97 Å². The molecule has 3 nitrogen and oxygen atoms in total. The highest BCUT2D eigenvalue weighted by Crippen LogP contribution is 2.33. The summed E-state index contributed by atoms with van der Waals surface area (Å²) in [5, 5.41) is 0. The van der Waals surface area contributed by atoms with E-state index in [0.29, 0.717) is 12.4 Å². The second kappa shape index (κ2) is 8.69. The van der Waals surface area contributed by atoms with Crippen LogP contribution in [0.4, 0.5) is 17.6 Å². The van der Waals surface area contributed by atoms with Crippen molar-refractivity contribution in [3.05, 3.63) is 53.1 Å². The maximum atomic E-state index is 14.3. The average molecular weight is 370 g/mol. The normalized spacial score (nSPS) is 10.7. The Morgan fingerprint density at radius 2 is 1.50 bits per heavy atom. The van der Waals surface area contributed by atoms with Gasteiger partial charge in [0.15, 0.2) is 23.3 Å². The molecule has 0 aliphatic heterocycles. The van der Waals surface area contributed by atoms with Crippen molar-refractivity contribution in [3.8, 4) is 16.9 Å². The molecule has 140 valence electrons. The van der Waals surface area contributed by atoms with Crippen LogP contribution < -0.4 is 4.74 Å². The molecule has 7 heteroatoms. The summed E-state index contributed by atoms with van der Waals surface area (Å²) in [6, 6.07) is 5.47. The van der Waals surface area contributed by atoms with E-state index in [0.717, 1.165) is 26.4 Å². The van der Waals surface area contributed by atoms with Gasteiger partial charge in [-0.2, -0.15) is 0 Å². The Kier molecular flexibility index (Phi) is 6.60. The summed E-state index contributed by atoms with van der Waals surface area (Å²) >= 11 is 0.